The maximum absolute atomic E-state index is 13.1. The van der Waals surface area contributed by atoms with E-state index in [1.165, 1.54) is 41.4 Å². The summed E-state index contributed by atoms with van der Waals surface area (Å²) in [6.45, 7) is 0.568. The molecule has 1 atom stereocenters. The van der Waals surface area contributed by atoms with Crippen LogP contribution in [0.2, 0.25) is 0 Å². The number of alkyl halides is 3. The predicted molar refractivity (Wildman–Crippen MR) is 88.4 cm³/mol. The van der Waals surface area contributed by atoms with E-state index in [-0.39, 0.29) is 18.4 Å². The quantitative estimate of drug-likeness (QED) is 0.814. The van der Waals surface area contributed by atoms with Crippen LogP contribution in [0.4, 0.5) is 33.9 Å². The fraction of sp³-hybridized carbons (Fsp3) is 0.294. The van der Waals surface area contributed by atoms with Crippen molar-refractivity contribution in [3.8, 4) is 0 Å². The molecule has 0 spiro atoms. The average molecular weight is 368 g/mol. The molecule has 0 radical (unpaired) electrons. The van der Waals surface area contributed by atoms with Crippen molar-refractivity contribution in [3.63, 3.8) is 0 Å². The van der Waals surface area contributed by atoms with Crippen molar-refractivity contribution in [2.24, 2.45) is 0 Å². The van der Waals surface area contributed by atoms with Crippen LogP contribution in [0.5, 0.6) is 0 Å². The Bertz CT molecular complexity index is 779. The van der Waals surface area contributed by atoms with Crippen LogP contribution in [0, 0.1) is 5.82 Å². The number of anilines is 2. The molecule has 0 aliphatic carbocycles. The van der Waals surface area contributed by atoms with Crippen LogP contribution in [-0.4, -0.2) is 30.1 Å². The first-order chi connectivity index (χ1) is 12.3. The number of carbonyl (C=O) groups excluding carboxylic acids is 1. The molecule has 26 heavy (non-hydrogen) atoms. The summed E-state index contributed by atoms with van der Waals surface area (Å²) >= 11 is 0. The highest BCUT2D eigenvalue weighted by Gasteiger charge is 2.37. The van der Waals surface area contributed by atoms with Gasteiger partial charge in [0.25, 0.3) is 0 Å². The first-order valence-electron chi connectivity index (χ1n) is 7.93. The van der Waals surface area contributed by atoms with Gasteiger partial charge in [0.15, 0.2) is 0 Å². The van der Waals surface area contributed by atoms with Gasteiger partial charge < -0.3 is 15.5 Å². The molecular formula is C17H16F4N4O. The van der Waals surface area contributed by atoms with Gasteiger partial charge in [-0.3, -0.25) is 0 Å². The molecule has 1 fully saturated rings. The summed E-state index contributed by atoms with van der Waals surface area (Å²) in [6.07, 6.45) is -2.69. The number of carbonyl (C=O) groups is 1. The molecule has 0 bridgehead atoms. The maximum atomic E-state index is 13.1. The lowest BCUT2D eigenvalue weighted by atomic mass is 10.2. The second-order valence-electron chi connectivity index (χ2n) is 5.91. The summed E-state index contributed by atoms with van der Waals surface area (Å²) in [5.74, 6) is -0.554. The van der Waals surface area contributed by atoms with Crippen molar-refractivity contribution >= 4 is 17.5 Å². The monoisotopic (exact) mass is 368 g/mol. The number of amides is 2. The first-order valence-corrected chi connectivity index (χ1v) is 7.93. The van der Waals surface area contributed by atoms with E-state index in [0.717, 1.165) is 6.07 Å². The molecule has 1 aromatic carbocycles. The number of hydrogen-bond donors (Lipinski definition) is 2. The van der Waals surface area contributed by atoms with Crippen molar-refractivity contribution < 1.29 is 22.4 Å². The number of benzene rings is 1. The number of aromatic nitrogens is 1. The SMILES string of the molecule is O=C(Nc1ccc(F)cc1)NC1CCN(c2ncccc2C(F)(F)F)C1. The van der Waals surface area contributed by atoms with Gasteiger partial charge in [0.1, 0.15) is 11.6 Å². The smallest absolute Gasteiger partial charge is 0.354 e. The summed E-state index contributed by atoms with van der Waals surface area (Å²) < 4.78 is 52.2. The van der Waals surface area contributed by atoms with Gasteiger partial charge in [0, 0.05) is 31.0 Å². The third-order valence-corrected chi connectivity index (χ3v) is 4.02. The Kier molecular flexibility index (Phi) is 4.97. The van der Waals surface area contributed by atoms with E-state index in [2.05, 4.69) is 15.6 Å². The van der Waals surface area contributed by atoms with Gasteiger partial charge in [-0.1, -0.05) is 0 Å². The molecule has 1 aromatic heterocycles. The van der Waals surface area contributed by atoms with Gasteiger partial charge in [-0.15, -0.1) is 0 Å². The second kappa shape index (κ2) is 7.19. The van der Waals surface area contributed by atoms with E-state index < -0.39 is 23.6 Å². The van der Waals surface area contributed by atoms with Crippen molar-refractivity contribution in [3.05, 3.63) is 54.0 Å². The largest absolute Gasteiger partial charge is 0.419 e. The summed E-state index contributed by atoms with van der Waals surface area (Å²) in [5, 5.41) is 5.26. The third-order valence-electron chi connectivity index (χ3n) is 4.02. The van der Waals surface area contributed by atoms with E-state index in [9.17, 15) is 22.4 Å². The fourth-order valence-corrected chi connectivity index (χ4v) is 2.83. The lowest BCUT2D eigenvalue weighted by Crippen LogP contribution is -2.40. The summed E-state index contributed by atoms with van der Waals surface area (Å²) in [7, 11) is 0. The zero-order chi connectivity index (χ0) is 18.7. The highest BCUT2D eigenvalue weighted by molar-refractivity contribution is 5.89. The van der Waals surface area contributed by atoms with Crippen molar-refractivity contribution in [1.82, 2.24) is 10.3 Å². The molecule has 9 heteroatoms. The Morgan fingerprint density at radius 3 is 2.62 bits per heavy atom. The highest BCUT2D eigenvalue weighted by Crippen LogP contribution is 2.36. The molecule has 1 aliphatic heterocycles. The standard InChI is InChI=1S/C17H16F4N4O/c18-11-3-5-12(6-4-11)23-16(26)24-13-7-9-25(10-13)15-14(17(19,20)21)2-1-8-22-15/h1-6,8,13H,7,9-10H2,(H2,23,24,26). The second-order valence-corrected chi connectivity index (χ2v) is 5.91. The summed E-state index contributed by atoms with van der Waals surface area (Å²) in [5.41, 5.74) is -0.376. The van der Waals surface area contributed by atoms with Crippen LogP contribution in [0.3, 0.4) is 0 Å². The predicted octanol–water partition coefficient (Wildman–Crippen LogP) is 3.64. The van der Waals surface area contributed by atoms with Crippen molar-refractivity contribution in [1.29, 1.82) is 0 Å². The van der Waals surface area contributed by atoms with E-state index >= 15 is 0 Å². The van der Waals surface area contributed by atoms with Gasteiger partial charge >= 0.3 is 12.2 Å². The molecule has 1 unspecified atom stereocenters. The molecule has 0 saturated carbocycles. The Hall–Kier alpha value is -2.84. The number of nitrogens with one attached hydrogen (secondary N) is 2. The van der Waals surface area contributed by atoms with Gasteiger partial charge in [0.2, 0.25) is 0 Å². The molecule has 3 rings (SSSR count). The lowest BCUT2D eigenvalue weighted by Gasteiger charge is -2.22. The minimum Gasteiger partial charge on any atom is -0.354 e. The van der Waals surface area contributed by atoms with Crippen LogP contribution in [0.25, 0.3) is 0 Å². The minimum absolute atomic E-state index is 0.136. The first kappa shape index (κ1) is 18.0. The van der Waals surface area contributed by atoms with Gasteiger partial charge in [0.05, 0.1) is 5.56 Å². The Balaban J connectivity index is 1.61. The number of hydrogen-bond acceptors (Lipinski definition) is 3. The molecule has 5 nitrogen and oxygen atoms in total. The summed E-state index contributed by atoms with van der Waals surface area (Å²) in [6, 6.07) is 6.68. The highest BCUT2D eigenvalue weighted by atomic mass is 19.4. The third kappa shape index (κ3) is 4.22. The topological polar surface area (TPSA) is 57.3 Å². The van der Waals surface area contributed by atoms with E-state index in [0.29, 0.717) is 18.7 Å². The van der Waals surface area contributed by atoms with Gasteiger partial charge in [-0.05, 0) is 42.8 Å². The number of urea groups is 1. The van der Waals surface area contributed by atoms with Crippen LogP contribution >= 0.6 is 0 Å². The van der Waals surface area contributed by atoms with Crippen molar-refractivity contribution in [2.45, 2.75) is 18.6 Å². The summed E-state index contributed by atoms with van der Waals surface area (Å²) in [4.78, 5) is 17.4. The fourth-order valence-electron chi connectivity index (χ4n) is 2.83. The molecule has 2 amide bonds. The zero-order valence-electron chi connectivity index (χ0n) is 13.6. The van der Waals surface area contributed by atoms with Crippen LogP contribution in [0.15, 0.2) is 42.6 Å². The number of halogens is 4. The molecular weight excluding hydrogens is 352 g/mol. The Morgan fingerprint density at radius 1 is 1.19 bits per heavy atom. The van der Waals surface area contributed by atoms with Gasteiger partial charge in [-0.2, -0.15) is 13.2 Å². The number of nitrogens with zero attached hydrogens (tertiary/aromatic N) is 2. The molecule has 2 aromatic rings. The Morgan fingerprint density at radius 2 is 1.92 bits per heavy atom. The maximum Gasteiger partial charge on any atom is 0.419 e. The van der Waals surface area contributed by atoms with Crippen molar-refractivity contribution in [2.75, 3.05) is 23.3 Å². The molecule has 2 heterocycles. The van der Waals surface area contributed by atoms with E-state index in [4.69, 9.17) is 0 Å². The Labute approximate surface area is 147 Å². The van der Waals surface area contributed by atoms with Crippen LogP contribution < -0.4 is 15.5 Å². The molecule has 1 saturated heterocycles. The number of pyridine rings is 1. The lowest BCUT2D eigenvalue weighted by molar-refractivity contribution is -0.137. The van der Waals surface area contributed by atoms with Crippen LogP contribution in [0.1, 0.15) is 12.0 Å². The number of rotatable bonds is 3. The molecule has 2 N–H and O–H groups in total. The van der Waals surface area contributed by atoms with Crippen LogP contribution in [-0.2, 0) is 6.18 Å². The van der Waals surface area contributed by atoms with E-state index in [1.807, 2.05) is 0 Å². The van der Waals surface area contributed by atoms with E-state index in [1.54, 1.807) is 0 Å². The van der Waals surface area contributed by atoms with Gasteiger partial charge in [-0.25, -0.2) is 14.2 Å². The molecule has 138 valence electrons. The molecule has 1 aliphatic rings. The average Bonchev–Trinajstić information content (AvgIpc) is 3.04. The minimum atomic E-state index is -4.49. The zero-order valence-corrected chi connectivity index (χ0v) is 13.6. The normalized spacial score (nSPS) is 17.2.